The van der Waals surface area contributed by atoms with Crippen LogP contribution in [0, 0.1) is 0 Å². The third-order valence-electron chi connectivity index (χ3n) is 3.87. The molecule has 0 aromatic rings. The monoisotopic (exact) mass is 458 g/mol. The highest BCUT2D eigenvalue weighted by Crippen LogP contribution is 1.94. The van der Waals surface area contributed by atoms with Gasteiger partial charge in [-0.05, 0) is 90.9 Å². The van der Waals surface area contributed by atoms with E-state index in [1.54, 1.807) is 0 Å². The fourth-order valence-corrected chi connectivity index (χ4v) is 2.46. The fourth-order valence-electron chi connectivity index (χ4n) is 2.46. The molecule has 0 heterocycles. The summed E-state index contributed by atoms with van der Waals surface area (Å²) in [6.07, 6.45) is 10.5. The lowest BCUT2D eigenvalue weighted by Crippen LogP contribution is -2.21. The van der Waals surface area contributed by atoms with Crippen molar-refractivity contribution in [1.82, 2.24) is 21.3 Å². The lowest BCUT2D eigenvalue weighted by molar-refractivity contribution is 0.540. The van der Waals surface area contributed by atoms with Gasteiger partial charge >= 0.3 is 0 Å². The van der Waals surface area contributed by atoms with E-state index in [0.717, 1.165) is 13.1 Å². The molecule has 0 saturated heterocycles. The van der Waals surface area contributed by atoms with Crippen molar-refractivity contribution in [1.29, 1.82) is 0 Å². The van der Waals surface area contributed by atoms with Gasteiger partial charge in [-0.1, -0.05) is 26.7 Å². The number of unbranched alkanes of at least 4 members (excludes halogenated alkanes) is 5. The molecule has 4 N–H and O–H groups in total. The molecular formula is C18H46Cl4N4. The van der Waals surface area contributed by atoms with Crippen LogP contribution in [0.3, 0.4) is 0 Å². The minimum Gasteiger partial charge on any atom is -0.317 e. The van der Waals surface area contributed by atoms with Gasteiger partial charge in [-0.15, -0.1) is 49.6 Å². The van der Waals surface area contributed by atoms with Crippen molar-refractivity contribution in [2.75, 3.05) is 52.4 Å². The maximum absolute atomic E-state index is 3.55. The predicted octanol–water partition coefficient (Wildman–Crippen LogP) is 4.19. The third-order valence-corrected chi connectivity index (χ3v) is 3.87. The molecule has 0 aromatic heterocycles. The van der Waals surface area contributed by atoms with E-state index in [9.17, 15) is 0 Å². The summed E-state index contributed by atoms with van der Waals surface area (Å²) in [5, 5.41) is 13.8. The van der Waals surface area contributed by atoms with Crippen LogP contribution in [0.25, 0.3) is 0 Å². The summed E-state index contributed by atoms with van der Waals surface area (Å²) in [6.45, 7) is 13.6. The normalized spacial score (nSPS) is 9.46. The first-order valence-corrected chi connectivity index (χ1v) is 9.74. The van der Waals surface area contributed by atoms with Crippen LogP contribution in [-0.4, -0.2) is 52.4 Å². The number of rotatable bonds is 19. The molecule has 0 amide bonds. The van der Waals surface area contributed by atoms with Crippen LogP contribution in [0.2, 0.25) is 0 Å². The van der Waals surface area contributed by atoms with Gasteiger partial charge in [0.25, 0.3) is 0 Å². The highest BCUT2D eigenvalue weighted by Gasteiger charge is 1.92. The highest BCUT2D eigenvalue weighted by atomic mass is 35.5. The maximum Gasteiger partial charge on any atom is -0.00484 e. The Morgan fingerprint density at radius 1 is 0.346 bits per heavy atom. The van der Waals surface area contributed by atoms with Gasteiger partial charge in [-0.2, -0.15) is 0 Å². The number of hydrogen-bond acceptors (Lipinski definition) is 4. The Labute approximate surface area is 188 Å². The minimum absolute atomic E-state index is 0. The van der Waals surface area contributed by atoms with E-state index in [1.807, 2.05) is 0 Å². The van der Waals surface area contributed by atoms with Crippen molar-refractivity contribution >= 4 is 49.6 Å². The van der Waals surface area contributed by atoms with Crippen molar-refractivity contribution < 1.29 is 0 Å². The molecule has 0 bridgehead atoms. The Morgan fingerprint density at radius 3 is 0.846 bits per heavy atom. The summed E-state index contributed by atoms with van der Waals surface area (Å²) in [5.74, 6) is 0. The Hall–Kier alpha value is 1.00. The molecule has 0 atom stereocenters. The van der Waals surface area contributed by atoms with E-state index >= 15 is 0 Å². The summed E-state index contributed by atoms with van der Waals surface area (Å²) in [6, 6.07) is 0. The average molecular weight is 460 g/mol. The topological polar surface area (TPSA) is 48.1 Å². The number of hydrogen-bond donors (Lipinski definition) is 4. The molecule has 0 radical (unpaired) electrons. The molecule has 0 spiro atoms. The molecule has 0 fully saturated rings. The highest BCUT2D eigenvalue weighted by molar-refractivity contribution is 5.86. The van der Waals surface area contributed by atoms with Crippen LogP contribution in [0.15, 0.2) is 0 Å². The molecule has 0 aliphatic rings. The van der Waals surface area contributed by atoms with Crippen molar-refractivity contribution in [3.8, 4) is 0 Å². The van der Waals surface area contributed by atoms with Crippen molar-refractivity contribution in [3.05, 3.63) is 0 Å². The SMILES string of the molecule is CCNCCCCCNCCCCNCCCCCNCC.Cl.Cl.Cl.Cl. The zero-order valence-electron chi connectivity index (χ0n) is 16.9. The summed E-state index contributed by atoms with van der Waals surface area (Å²) in [4.78, 5) is 0. The van der Waals surface area contributed by atoms with Gasteiger partial charge in [0, 0.05) is 0 Å². The quantitative estimate of drug-likeness (QED) is 0.219. The Balaban J connectivity index is -0.000000367. The second kappa shape index (κ2) is 36.8. The van der Waals surface area contributed by atoms with Gasteiger partial charge in [0.2, 0.25) is 0 Å². The second-order valence-electron chi connectivity index (χ2n) is 6.04. The van der Waals surface area contributed by atoms with E-state index < -0.39 is 0 Å². The van der Waals surface area contributed by atoms with E-state index in [0.29, 0.717) is 0 Å². The zero-order valence-corrected chi connectivity index (χ0v) is 20.2. The average Bonchev–Trinajstić information content (AvgIpc) is 2.54. The second-order valence-corrected chi connectivity index (χ2v) is 6.04. The molecule has 0 saturated carbocycles. The van der Waals surface area contributed by atoms with E-state index in [-0.39, 0.29) is 49.6 Å². The predicted molar refractivity (Wildman–Crippen MR) is 129 cm³/mol. The molecule has 0 aliphatic carbocycles. The summed E-state index contributed by atoms with van der Waals surface area (Å²) >= 11 is 0. The minimum atomic E-state index is 0. The first-order chi connectivity index (χ1) is 10.9. The van der Waals surface area contributed by atoms with E-state index in [2.05, 4.69) is 35.1 Å². The zero-order chi connectivity index (χ0) is 16.1. The summed E-state index contributed by atoms with van der Waals surface area (Å²) < 4.78 is 0. The summed E-state index contributed by atoms with van der Waals surface area (Å²) in [5.41, 5.74) is 0. The molecule has 166 valence electrons. The van der Waals surface area contributed by atoms with Crippen LogP contribution in [-0.2, 0) is 0 Å². The van der Waals surface area contributed by atoms with Gasteiger partial charge < -0.3 is 21.3 Å². The molecule has 0 aliphatic heterocycles. The van der Waals surface area contributed by atoms with Crippen LogP contribution in [0.5, 0.6) is 0 Å². The van der Waals surface area contributed by atoms with Gasteiger partial charge in [0.1, 0.15) is 0 Å². The third kappa shape index (κ3) is 36.0. The number of halogens is 4. The molecule has 4 nitrogen and oxygen atoms in total. The summed E-state index contributed by atoms with van der Waals surface area (Å²) in [7, 11) is 0. The first kappa shape index (κ1) is 37.7. The largest absolute Gasteiger partial charge is 0.317 e. The van der Waals surface area contributed by atoms with Crippen molar-refractivity contribution in [3.63, 3.8) is 0 Å². The Morgan fingerprint density at radius 2 is 0.577 bits per heavy atom. The molecule has 26 heavy (non-hydrogen) atoms. The standard InChI is InChI=1S/C18H42N4.4ClH/c1-3-19-13-7-5-9-15-21-17-11-12-18-22-16-10-6-8-14-20-4-2;;;;/h19-22H,3-18H2,1-2H3;4*1H. The van der Waals surface area contributed by atoms with Crippen LogP contribution in [0.4, 0.5) is 0 Å². The molecule has 0 unspecified atom stereocenters. The van der Waals surface area contributed by atoms with Gasteiger partial charge in [0.05, 0.1) is 0 Å². The van der Waals surface area contributed by atoms with Crippen LogP contribution >= 0.6 is 49.6 Å². The molecular weight excluding hydrogens is 414 g/mol. The molecule has 8 heteroatoms. The fraction of sp³-hybridized carbons (Fsp3) is 1.00. The van der Waals surface area contributed by atoms with Gasteiger partial charge in [0.15, 0.2) is 0 Å². The van der Waals surface area contributed by atoms with E-state index in [4.69, 9.17) is 0 Å². The van der Waals surface area contributed by atoms with Crippen LogP contribution in [0.1, 0.15) is 65.2 Å². The van der Waals surface area contributed by atoms with Gasteiger partial charge in [-0.25, -0.2) is 0 Å². The lowest BCUT2D eigenvalue weighted by Gasteiger charge is -2.07. The lowest BCUT2D eigenvalue weighted by atomic mass is 10.2. The Bertz CT molecular complexity index is 184. The number of nitrogens with one attached hydrogen (secondary N) is 4. The molecule has 0 aromatic carbocycles. The van der Waals surface area contributed by atoms with Gasteiger partial charge in [-0.3, -0.25) is 0 Å². The van der Waals surface area contributed by atoms with Crippen molar-refractivity contribution in [2.45, 2.75) is 65.2 Å². The smallest absolute Gasteiger partial charge is 0.00484 e. The van der Waals surface area contributed by atoms with E-state index in [1.165, 1.54) is 90.6 Å². The Kier molecular flexibility index (Phi) is 53.4. The maximum atomic E-state index is 3.55. The molecule has 0 rings (SSSR count). The first-order valence-electron chi connectivity index (χ1n) is 9.74. The van der Waals surface area contributed by atoms with Crippen molar-refractivity contribution in [2.24, 2.45) is 0 Å². The van der Waals surface area contributed by atoms with Crippen LogP contribution < -0.4 is 21.3 Å².